The number of hydrogen-bond donors (Lipinski definition) is 1. The number of carboxylic acids is 1. The number of hydrogen-bond acceptors (Lipinski definition) is 3. The number of fused-ring (bicyclic) bond motifs is 1. The monoisotopic (exact) mass is 299 g/mol. The highest BCUT2D eigenvalue weighted by Crippen LogP contribution is 2.32. The Kier molecular flexibility index (Phi) is 3.02. The highest BCUT2D eigenvalue weighted by atomic mass is 19.1. The van der Waals surface area contributed by atoms with E-state index in [-0.39, 0.29) is 27.9 Å². The van der Waals surface area contributed by atoms with Gasteiger partial charge in [-0.3, -0.25) is 9.59 Å². The fourth-order valence-electron chi connectivity index (χ4n) is 2.43. The van der Waals surface area contributed by atoms with Crippen LogP contribution in [0, 0.1) is 12.7 Å². The molecule has 5 nitrogen and oxygen atoms in total. The Morgan fingerprint density at radius 3 is 2.14 bits per heavy atom. The van der Waals surface area contributed by atoms with Crippen LogP contribution in [-0.4, -0.2) is 22.9 Å². The molecular formula is C16H10FNO4. The molecule has 0 fully saturated rings. The molecule has 1 N–H and O–H groups in total. The van der Waals surface area contributed by atoms with Gasteiger partial charge in [-0.2, -0.15) is 0 Å². The van der Waals surface area contributed by atoms with Crippen LogP contribution in [0.4, 0.5) is 10.1 Å². The fourth-order valence-corrected chi connectivity index (χ4v) is 2.43. The van der Waals surface area contributed by atoms with Crippen LogP contribution in [-0.2, 0) is 0 Å². The van der Waals surface area contributed by atoms with Gasteiger partial charge in [-0.05, 0) is 31.2 Å². The van der Waals surface area contributed by atoms with Crippen LogP contribution < -0.4 is 4.90 Å². The van der Waals surface area contributed by atoms with Gasteiger partial charge < -0.3 is 5.11 Å². The summed E-state index contributed by atoms with van der Waals surface area (Å²) < 4.78 is 13.9. The summed E-state index contributed by atoms with van der Waals surface area (Å²) in [5, 5.41) is 9.02. The van der Waals surface area contributed by atoms with Crippen molar-refractivity contribution in [2.45, 2.75) is 6.92 Å². The fraction of sp³-hybridized carbons (Fsp3) is 0.0625. The molecule has 0 atom stereocenters. The van der Waals surface area contributed by atoms with Gasteiger partial charge >= 0.3 is 5.97 Å². The molecule has 2 aromatic carbocycles. The highest BCUT2D eigenvalue weighted by molar-refractivity contribution is 6.34. The average molecular weight is 299 g/mol. The van der Waals surface area contributed by atoms with E-state index in [9.17, 15) is 18.8 Å². The third kappa shape index (κ3) is 1.88. The first kappa shape index (κ1) is 13.9. The predicted octanol–water partition coefficient (Wildman–Crippen LogP) is 2.63. The van der Waals surface area contributed by atoms with E-state index in [4.69, 9.17) is 5.11 Å². The van der Waals surface area contributed by atoms with E-state index in [1.165, 1.54) is 19.1 Å². The summed E-state index contributed by atoms with van der Waals surface area (Å²) in [5.41, 5.74) is 0.0961. The maximum atomic E-state index is 13.9. The molecule has 22 heavy (non-hydrogen) atoms. The van der Waals surface area contributed by atoms with E-state index >= 15 is 0 Å². The molecular weight excluding hydrogens is 289 g/mol. The molecule has 2 aromatic rings. The van der Waals surface area contributed by atoms with Crippen molar-refractivity contribution in [1.29, 1.82) is 0 Å². The summed E-state index contributed by atoms with van der Waals surface area (Å²) >= 11 is 0. The predicted molar refractivity (Wildman–Crippen MR) is 75.7 cm³/mol. The Hall–Kier alpha value is -3.02. The summed E-state index contributed by atoms with van der Waals surface area (Å²) in [6.45, 7) is 1.39. The van der Waals surface area contributed by atoms with Crippen molar-refractivity contribution in [3.05, 3.63) is 64.5 Å². The molecule has 0 unspecified atom stereocenters. The third-order valence-corrected chi connectivity index (χ3v) is 3.60. The molecule has 0 aliphatic carbocycles. The number of benzene rings is 2. The van der Waals surface area contributed by atoms with Gasteiger partial charge in [-0.25, -0.2) is 14.1 Å². The molecule has 0 spiro atoms. The Labute approximate surface area is 124 Å². The maximum Gasteiger partial charge on any atom is 0.335 e. The number of imide groups is 1. The third-order valence-electron chi connectivity index (χ3n) is 3.60. The van der Waals surface area contributed by atoms with Crippen molar-refractivity contribution in [1.82, 2.24) is 0 Å². The maximum absolute atomic E-state index is 13.9. The van der Waals surface area contributed by atoms with Gasteiger partial charge in [0.05, 0.1) is 22.4 Å². The topological polar surface area (TPSA) is 74.7 Å². The lowest BCUT2D eigenvalue weighted by atomic mass is 10.1. The van der Waals surface area contributed by atoms with Gasteiger partial charge in [-0.15, -0.1) is 0 Å². The lowest BCUT2D eigenvalue weighted by Crippen LogP contribution is -2.30. The average Bonchev–Trinajstić information content (AvgIpc) is 2.74. The second-order valence-corrected chi connectivity index (χ2v) is 4.90. The zero-order chi connectivity index (χ0) is 16.0. The van der Waals surface area contributed by atoms with Crippen LogP contribution in [0.25, 0.3) is 0 Å². The zero-order valence-corrected chi connectivity index (χ0v) is 11.5. The molecule has 0 aromatic heterocycles. The summed E-state index contributed by atoms with van der Waals surface area (Å²) in [6.07, 6.45) is 0. The number of aromatic carboxylic acids is 1. The minimum Gasteiger partial charge on any atom is -0.478 e. The zero-order valence-electron chi connectivity index (χ0n) is 11.5. The molecule has 1 heterocycles. The summed E-state index contributed by atoms with van der Waals surface area (Å²) in [6, 6.07) is 8.23. The van der Waals surface area contributed by atoms with Crippen LogP contribution in [0.2, 0.25) is 0 Å². The van der Waals surface area contributed by atoms with Crippen LogP contribution in [0.15, 0.2) is 36.4 Å². The normalized spacial score (nSPS) is 13.5. The van der Waals surface area contributed by atoms with E-state index < -0.39 is 23.6 Å². The Morgan fingerprint density at radius 1 is 1.09 bits per heavy atom. The number of amides is 2. The minimum absolute atomic E-state index is 0.0412. The molecule has 6 heteroatoms. The van der Waals surface area contributed by atoms with Crippen LogP contribution in [0.1, 0.15) is 36.6 Å². The van der Waals surface area contributed by atoms with Crippen LogP contribution in [0.3, 0.4) is 0 Å². The molecule has 0 bridgehead atoms. The Balaban J connectivity index is 2.20. The standard InChI is InChI=1S/C16H10FNO4/c1-8-12(17)6-9(16(21)22)7-13(8)18-14(19)10-4-2-3-5-11(10)15(18)20/h2-7H,1H3,(H,21,22). The van der Waals surface area contributed by atoms with Gasteiger partial charge in [0, 0.05) is 5.56 Å². The molecule has 0 saturated carbocycles. The number of anilines is 1. The first-order valence-electron chi connectivity index (χ1n) is 6.43. The van der Waals surface area contributed by atoms with Gasteiger partial charge in [-0.1, -0.05) is 12.1 Å². The lowest BCUT2D eigenvalue weighted by molar-refractivity contribution is 0.0695. The highest BCUT2D eigenvalue weighted by Gasteiger charge is 2.37. The van der Waals surface area contributed by atoms with Crippen molar-refractivity contribution >= 4 is 23.5 Å². The molecule has 0 radical (unpaired) electrons. The molecule has 1 aliphatic rings. The van der Waals surface area contributed by atoms with Gasteiger partial charge in [0.1, 0.15) is 5.82 Å². The van der Waals surface area contributed by atoms with Crippen LogP contribution >= 0.6 is 0 Å². The number of carbonyl (C=O) groups excluding carboxylic acids is 2. The van der Waals surface area contributed by atoms with Gasteiger partial charge in [0.25, 0.3) is 11.8 Å². The quantitative estimate of drug-likeness (QED) is 0.865. The second kappa shape index (κ2) is 4.77. The lowest BCUT2D eigenvalue weighted by Gasteiger charge is -2.17. The van der Waals surface area contributed by atoms with E-state index in [2.05, 4.69) is 0 Å². The van der Waals surface area contributed by atoms with Crippen molar-refractivity contribution in [3.8, 4) is 0 Å². The van der Waals surface area contributed by atoms with Gasteiger partial charge in [0.15, 0.2) is 0 Å². The summed E-state index contributed by atoms with van der Waals surface area (Å²) in [7, 11) is 0. The summed E-state index contributed by atoms with van der Waals surface area (Å²) in [4.78, 5) is 36.6. The first-order valence-corrected chi connectivity index (χ1v) is 6.43. The smallest absolute Gasteiger partial charge is 0.335 e. The van der Waals surface area contributed by atoms with E-state index in [1.54, 1.807) is 12.1 Å². The van der Waals surface area contributed by atoms with Crippen molar-refractivity contribution < 1.29 is 23.9 Å². The Morgan fingerprint density at radius 2 is 1.64 bits per heavy atom. The van der Waals surface area contributed by atoms with Crippen molar-refractivity contribution in [3.63, 3.8) is 0 Å². The van der Waals surface area contributed by atoms with Crippen molar-refractivity contribution in [2.24, 2.45) is 0 Å². The molecule has 1 aliphatic heterocycles. The summed E-state index contributed by atoms with van der Waals surface area (Å²) in [5.74, 6) is -3.31. The van der Waals surface area contributed by atoms with Gasteiger partial charge in [0.2, 0.25) is 0 Å². The number of halogens is 1. The number of rotatable bonds is 2. The SMILES string of the molecule is Cc1c(F)cc(C(=O)O)cc1N1C(=O)c2ccccc2C1=O. The van der Waals surface area contributed by atoms with E-state index in [0.29, 0.717) is 0 Å². The number of carbonyl (C=O) groups is 3. The van der Waals surface area contributed by atoms with Crippen molar-refractivity contribution in [2.75, 3.05) is 4.90 Å². The molecule has 110 valence electrons. The Bertz CT molecular complexity index is 809. The molecule has 0 saturated heterocycles. The minimum atomic E-state index is -1.34. The number of nitrogens with zero attached hydrogens (tertiary/aromatic N) is 1. The second-order valence-electron chi connectivity index (χ2n) is 4.90. The first-order chi connectivity index (χ1) is 10.4. The number of carboxylic acid groups (broad SMARTS) is 1. The molecule has 2 amide bonds. The van der Waals surface area contributed by atoms with E-state index in [0.717, 1.165) is 17.0 Å². The largest absolute Gasteiger partial charge is 0.478 e. The molecule has 3 rings (SSSR count). The van der Waals surface area contributed by atoms with E-state index in [1.807, 2.05) is 0 Å². The van der Waals surface area contributed by atoms with Crippen LogP contribution in [0.5, 0.6) is 0 Å².